The quantitative estimate of drug-likeness (QED) is 0.561. The first kappa shape index (κ1) is 20.5. The van der Waals surface area contributed by atoms with E-state index in [0.717, 1.165) is 11.1 Å². The van der Waals surface area contributed by atoms with Crippen molar-refractivity contribution in [2.24, 2.45) is 5.92 Å². The minimum Gasteiger partial charge on any atom is -0.497 e. The van der Waals surface area contributed by atoms with Crippen molar-refractivity contribution < 1.29 is 18.8 Å². The fourth-order valence-electron chi connectivity index (χ4n) is 3.09. The summed E-state index contributed by atoms with van der Waals surface area (Å²) in [6, 6.07) is 17.3. The predicted octanol–water partition coefficient (Wildman–Crippen LogP) is 4.54. The molecule has 3 aromatic rings. The Bertz CT molecular complexity index is 951. The Morgan fingerprint density at radius 2 is 1.79 bits per heavy atom. The van der Waals surface area contributed by atoms with E-state index in [1.807, 2.05) is 62.4 Å². The van der Waals surface area contributed by atoms with Crippen LogP contribution in [-0.2, 0) is 17.9 Å². The summed E-state index contributed by atoms with van der Waals surface area (Å²) in [5.41, 5.74) is 2.53. The summed E-state index contributed by atoms with van der Waals surface area (Å²) in [5.74, 6) is 1.87. The Morgan fingerprint density at radius 3 is 2.45 bits per heavy atom. The van der Waals surface area contributed by atoms with E-state index < -0.39 is 0 Å². The molecule has 0 radical (unpaired) electrons. The Labute approximate surface area is 171 Å². The number of carbonyl (C=O) groups is 1. The molecule has 0 spiro atoms. The van der Waals surface area contributed by atoms with Crippen LogP contribution in [0.4, 0.5) is 0 Å². The number of methoxy groups -OCH3 is 2. The lowest BCUT2D eigenvalue weighted by Crippen LogP contribution is -2.33. The maximum absolute atomic E-state index is 12.7. The fraction of sp³-hybridized carbons (Fsp3) is 0.304. The van der Waals surface area contributed by atoms with Crippen molar-refractivity contribution in [3.8, 4) is 22.8 Å². The van der Waals surface area contributed by atoms with E-state index in [1.54, 1.807) is 25.2 Å². The van der Waals surface area contributed by atoms with Gasteiger partial charge in [0.25, 0.3) is 0 Å². The van der Waals surface area contributed by atoms with Gasteiger partial charge in [0.15, 0.2) is 5.76 Å². The molecule has 6 nitrogen and oxygen atoms in total. The number of hydrogen-bond acceptors (Lipinski definition) is 5. The maximum Gasteiger partial charge on any atom is 0.225 e. The lowest BCUT2D eigenvalue weighted by Gasteiger charge is -2.23. The molecule has 0 fully saturated rings. The second kappa shape index (κ2) is 9.28. The van der Waals surface area contributed by atoms with E-state index in [4.69, 9.17) is 14.0 Å². The average molecular weight is 394 g/mol. The van der Waals surface area contributed by atoms with Crippen LogP contribution in [0.2, 0.25) is 0 Å². The van der Waals surface area contributed by atoms with Gasteiger partial charge >= 0.3 is 0 Å². The van der Waals surface area contributed by atoms with Crippen molar-refractivity contribution in [1.29, 1.82) is 0 Å². The number of amides is 1. The van der Waals surface area contributed by atoms with Gasteiger partial charge in [-0.15, -0.1) is 0 Å². The van der Waals surface area contributed by atoms with E-state index in [-0.39, 0.29) is 11.8 Å². The van der Waals surface area contributed by atoms with Gasteiger partial charge in [-0.25, -0.2) is 0 Å². The molecular formula is C23H26N2O4. The molecule has 0 aliphatic heterocycles. The number of ether oxygens (including phenoxy) is 2. The second-order valence-electron chi connectivity index (χ2n) is 7.08. The number of nitrogens with zero attached hydrogens (tertiary/aromatic N) is 2. The number of benzene rings is 2. The maximum atomic E-state index is 12.7. The van der Waals surface area contributed by atoms with E-state index in [2.05, 4.69) is 5.16 Å². The van der Waals surface area contributed by atoms with Crippen LogP contribution in [0.3, 0.4) is 0 Å². The second-order valence-corrected chi connectivity index (χ2v) is 7.08. The van der Waals surface area contributed by atoms with Crippen LogP contribution < -0.4 is 9.47 Å². The highest BCUT2D eigenvalue weighted by Gasteiger charge is 2.20. The SMILES string of the molecule is COc1ccc(-c2cc(CN(Cc3ccccc3)C(=O)C(C)C)no2)c(OC)c1. The average Bonchev–Trinajstić information content (AvgIpc) is 3.21. The lowest BCUT2D eigenvalue weighted by molar-refractivity contribution is -0.135. The minimum absolute atomic E-state index is 0.0698. The van der Waals surface area contributed by atoms with Gasteiger partial charge in [0.05, 0.1) is 26.3 Å². The zero-order valence-corrected chi connectivity index (χ0v) is 17.2. The molecule has 0 unspecified atom stereocenters. The summed E-state index contributed by atoms with van der Waals surface area (Å²) in [6.45, 7) is 4.69. The highest BCUT2D eigenvalue weighted by molar-refractivity contribution is 5.78. The van der Waals surface area contributed by atoms with Crippen molar-refractivity contribution in [1.82, 2.24) is 10.1 Å². The van der Waals surface area contributed by atoms with Crippen molar-refractivity contribution in [2.75, 3.05) is 14.2 Å². The first-order chi connectivity index (χ1) is 14.0. The van der Waals surface area contributed by atoms with E-state index >= 15 is 0 Å². The molecule has 29 heavy (non-hydrogen) atoms. The Kier molecular flexibility index (Phi) is 6.54. The molecule has 0 aliphatic carbocycles. The van der Waals surface area contributed by atoms with Crippen molar-refractivity contribution in [3.05, 3.63) is 65.9 Å². The first-order valence-electron chi connectivity index (χ1n) is 9.52. The zero-order chi connectivity index (χ0) is 20.8. The van der Waals surface area contributed by atoms with Gasteiger partial charge in [0.1, 0.15) is 17.2 Å². The normalized spacial score (nSPS) is 10.8. The lowest BCUT2D eigenvalue weighted by atomic mass is 10.1. The third kappa shape index (κ3) is 4.96. The third-order valence-electron chi connectivity index (χ3n) is 4.61. The summed E-state index contributed by atoms with van der Waals surface area (Å²) in [4.78, 5) is 14.5. The summed E-state index contributed by atoms with van der Waals surface area (Å²) in [5, 5.41) is 4.18. The van der Waals surface area contributed by atoms with Crippen LogP contribution in [0.1, 0.15) is 25.1 Å². The van der Waals surface area contributed by atoms with Gasteiger partial charge in [0, 0.05) is 24.6 Å². The minimum atomic E-state index is -0.105. The Hall–Kier alpha value is -3.28. The van der Waals surface area contributed by atoms with Gasteiger partial charge < -0.3 is 18.9 Å². The molecule has 152 valence electrons. The summed E-state index contributed by atoms with van der Waals surface area (Å²) in [6.07, 6.45) is 0. The topological polar surface area (TPSA) is 64.8 Å². The number of hydrogen-bond donors (Lipinski definition) is 0. The molecule has 1 aromatic heterocycles. The largest absolute Gasteiger partial charge is 0.497 e. The van der Waals surface area contributed by atoms with Gasteiger partial charge in [0.2, 0.25) is 5.91 Å². The molecular weight excluding hydrogens is 368 g/mol. The highest BCUT2D eigenvalue weighted by atomic mass is 16.5. The number of carbonyl (C=O) groups excluding carboxylic acids is 1. The molecule has 0 saturated heterocycles. The Morgan fingerprint density at radius 1 is 1.03 bits per heavy atom. The summed E-state index contributed by atoms with van der Waals surface area (Å²) in [7, 11) is 3.20. The van der Waals surface area contributed by atoms with Crippen LogP contribution in [0.25, 0.3) is 11.3 Å². The molecule has 0 aliphatic rings. The third-order valence-corrected chi connectivity index (χ3v) is 4.61. The molecule has 3 rings (SSSR count). The van der Waals surface area contributed by atoms with Crippen molar-refractivity contribution in [2.45, 2.75) is 26.9 Å². The Balaban J connectivity index is 1.83. The standard InChI is InChI=1S/C23H26N2O4/c1-16(2)23(26)25(14-17-8-6-5-7-9-17)15-18-12-22(29-24-18)20-11-10-19(27-3)13-21(20)28-4/h5-13,16H,14-15H2,1-4H3. The van der Waals surface area contributed by atoms with Crippen LogP contribution >= 0.6 is 0 Å². The number of rotatable bonds is 8. The van der Waals surface area contributed by atoms with Crippen LogP contribution in [0.15, 0.2) is 59.1 Å². The first-order valence-corrected chi connectivity index (χ1v) is 9.52. The molecule has 1 heterocycles. The van der Waals surface area contributed by atoms with Gasteiger partial charge in [-0.3, -0.25) is 4.79 Å². The van der Waals surface area contributed by atoms with Crippen LogP contribution in [0, 0.1) is 5.92 Å². The molecule has 2 aromatic carbocycles. The molecule has 0 saturated carbocycles. The van der Waals surface area contributed by atoms with Crippen molar-refractivity contribution >= 4 is 5.91 Å². The van der Waals surface area contributed by atoms with E-state index in [1.165, 1.54) is 0 Å². The van der Waals surface area contributed by atoms with E-state index in [9.17, 15) is 4.79 Å². The van der Waals surface area contributed by atoms with Crippen LogP contribution in [-0.4, -0.2) is 30.2 Å². The van der Waals surface area contributed by atoms with Crippen LogP contribution in [0.5, 0.6) is 11.5 Å². The molecule has 0 bridgehead atoms. The summed E-state index contributed by atoms with van der Waals surface area (Å²) >= 11 is 0. The predicted molar refractivity (Wildman–Crippen MR) is 111 cm³/mol. The monoisotopic (exact) mass is 394 g/mol. The van der Waals surface area contributed by atoms with Crippen molar-refractivity contribution in [3.63, 3.8) is 0 Å². The molecule has 0 N–H and O–H groups in total. The zero-order valence-electron chi connectivity index (χ0n) is 17.2. The molecule has 6 heteroatoms. The molecule has 0 atom stereocenters. The number of aromatic nitrogens is 1. The fourth-order valence-corrected chi connectivity index (χ4v) is 3.09. The van der Waals surface area contributed by atoms with Gasteiger partial charge in [-0.1, -0.05) is 49.3 Å². The van der Waals surface area contributed by atoms with Gasteiger partial charge in [-0.2, -0.15) is 0 Å². The highest BCUT2D eigenvalue weighted by Crippen LogP contribution is 2.33. The smallest absolute Gasteiger partial charge is 0.225 e. The summed E-state index contributed by atoms with van der Waals surface area (Å²) < 4.78 is 16.2. The molecule has 1 amide bonds. The van der Waals surface area contributed by atoms with Gasteiger partial charge in [-0.05, 0) is 17.7 Å². The van der Waals surface area contributed by atoms with E-state index in [0.29, 0.717) is 36.0 Å².